The van der Waals surface area contributed by atoms with Crippen LogP contribution in [0.4, 0.5) is 0 Å². The monoisotopic (exact) mass is 288 g/mol. The Labute approximate surface area is 102 Å². The van der Waals surface area contributed by atoms with Gasteiger partial charge in [0.15, 0.2) is 9.84 Å². The van der Waals surface area contributed by atoms with E-state index in [9.17, 15) is 16.8 Å². The third-order valence-corrected chi connectivity index (χ3v) is 8.03. The topological polar surface area (TPSA) is 68.3 Å². The van der Waals surface area contributed by atoms with Gasteiger partial charge in [-0.1, -0.05) is 0 Å². The van der Waals surface area contributed by atoms with Gasteiger partial charge < -0.3 is 0 Å². The van der Waals surface area contributed by atoms with Crippen molar-refractivity contribution >= 4 is 29.6 Å². The predicted molar refractivity (Wildman–Crippen MR) is 64.9 cm³/mol. The van der Waals surface area contributed by atoms with E-state index < -0.39 is 28.9 Å². The standard InChI is InChI=1S/C9H17ClO4S2/c1-8(2)15(11,12)7-3-4-9(5-6-9)16(10,13)14/h8H,3-7H2,1-2H3. The number of sulfone groups is 1. The fraction of sp³-hybridized carbons (Fsp3) is 1.00. The molecule has 1 aliphatic carbocycles. The molecule has 1 fully saturated rings. The summed E-state index contributed by atoms with van der Waals surface area (Å²) in [5.74, 6) is 0.0405. The molecule has 1 saturated carbocycles. The van der Waals surface area contributed by atoms with Gasteiger partial charge in [0.1, 0.15) is 0 Å². The Balaban J connectivity index is 2.50. The summed E-state index contributed by atoms with van der Waals surface area (Å²) in [4.78, 5) is 0. The lowest BCUT2D eigenvalue weighted by atomic mass is 10.2. The quantitative estimate of drug-likeness (QED) is 0.698. The van der Waals surface area contributed by atoms with Crippen LogP contribution in [-0.2, 0) is 18.9 Å². The van der Waals surface area contributed by atoms with Crippen LogP contribution in [0.2, 0.25) is 0 Å². The Morgan fingerprint density at radius 1 is 1.19 bits per heavy atom. The normalized spacial score (nSPS) is 20.0. The van der Waals surface area contributed by atoms with Gasteiger partial charge in [0.2, 0.25) is 9.05 Å². The molecular weight excluding hydrogens is 272 g/mol. The molecule has 4 nitrogen and oxygen atoms in total. The summed E-state index contributed by atoms with van der Waals surface area (Å²) < 4.78 is 44.6. The van der Waals surface area contributed by atoms with Gasteiger partial charge in [0.25, 0.3) is 0 Å². The Morgan fingerprint density at radius 2 is 1.69 bits per heavy atom. The van der Waals surface area contributed by atoms with Gasteiger partial charge in [-0.2, -0.15) is 0 Å². The van der Waals surface area contributed by atoms with E-state index in [0.717, 1.165) is 0 Å². The van der Waals surface area contributed by atoms with Crippen LogP contribution >= 0.6 is 10.7 Å². The van der Waals surface area contributed by atoms with E-state index in [1.165, 1.54) is 0 Å². The summed E-state index contributed by atoms with van der Waals surface area (Å²) in [6.07, 6.45) is 1.83. The minimum absolute atomic E-state index is 0.0405. The number of hydrogen-bond acceptors (Lipinski definition) is 4. The number of halogens is 1. The second kappa shape index (κ2) is 4.46. The summed E-state index contributed by atoms with van der Waals surface area (Å²) in [5.41, 5.74) is 0. The third-order valence-electron chi connectivity index (χ3n) is 3.10. The zero-order chi connectivity index (χ0) is 12.6. The van der Waals surface area contributed by atoms with Gasteiger partial charge in [0, 0.05) is 10.7 Å². The van der Waals surface area contributed by atoms with Crippen LogP contribution in [0, 0.1) is 0 Å². The van der Waals surface area contributed by atoms with E-state index in [0.29, 0.717) is 25.7 Å². The molecule has 96 valence electrons. The maximum absolute atomic E-state index is 11.5. The summed E-state index contributed by atoms with van der Waals surface area (Å²) in [6, 6.07) is 0. The van der Waals surface area contributed by atoms with Crippen molar-refractivity contribution in [3.63, 3.8) is 0 Å². The largest absolute Gasteiger partial charge is 0.238 e. The lowest BCUT2D eigenvalue weighted by molar-refractivity contribution is 0.568. The molecule has 0 unspecified atom stereocenters. The first kappa shape index (κ1) is 14.3. The highest BCUT2D eigenvalue weighted by Gasteiger charge is 2.53. The third kappa shape index (κ3) is 3.11. The molecule has 0 bridgehead atoms. The van der Waals surface area contributed by atoms with E-state index in [1.54, 1.807) is 13.8 Å². The Morgan fingerprint density at radius 3 is 2.00 bits per heavy atom. The SMILES string of the molecule is CC(C)S(=O)(=O)CCCC1(S(=O)(=O)Cl)CC1. The molecule has 1 rings (SSSR count). The van der Waals surface area contributed by atoms with Crippen LogP contribution in [0.3, 0.4) is 0 Å². The zero-order valence-electron chi connectivity index (χ0n) is 9.44. The first-order valence-electron chi connectivity index (χ1n) is 5.26. The highest BCUT2D eigenvalue weighted by atomic mass is 35.7. The minimum atomic E-state index is -3.55. The molecule has 0 heterocycles. The van der Waals surface area contributed by atoms with Crippen LogP contribution < -0.4 is 0 Å². The molecule has 0 aromatic rings. The Kier molecular flexibility index (Phi) is 3.97. The van der Waals surface area contributed by atoms with Crippen molar-refractivity contribution in [1.82, 2.24) is 0 Å². The summed E-state index contributed by atoms with van der Waals surface area (Å²) in [6.45, 7) is 3.25. The average molecular weight is 289 g/mol. The van der Waals surface area contributed by atoms with E-state index >= 15 is 0 Å². The van der Waals surface area contributed by atoms with Crippen molar-refractivity contribution in [2.24, 2.45) is 0 Å². The van der Waals surface area contributed by atoms with Crippen molar-refractivity contribution in [2.75, 3.05) is 5.75 Å². The van der Waals surface area contributed by atoms with Gasteiger partial charge in [0.05, 0.1) is 15.7 Å². The predicted octanol–water partition coefficient (Wildman–Crippen LogP) is 1.69. The molecule has 0 amide bonds. The first-order chi connectivity index (χ1) is 7.11. The first-order valence-corrected chi connectivity index (χ1v) is 9.29. The van der Waals surface area contributed by atoms with E-state index in [1.807, 2.05) is 0 Å². The second-order valence-corrected chi connectivity index (χ2v) is 10.3. The van der Waals surface area contributed by atoms with Crippen molar-refractivity contribution in [2.45, 2.75) is 49.5 Å². The molecular formula is C9H17ClO4S2. The molecule has 1 aliphatic rings. The molecule has 16 heavy (non-hydrogen) atoms. The summed E-state index contributed by atoms with van der Waals surface area (Å²) in [5, 5.41) is -0.407. The molecule has 0 aliphatic heterocycles. The smallest absolute Gasteiger partial charge is 0.229 e. The summed E-state index contributed by atoms with van der Waals surface area (Å²) in [7, 11) is -1.31. The zero-order valence-corrected chi connectivity index (χ0v) is 11.8. The molecule has 0 radical (unpaired) electrons. The maximum atomic E-state index is 11.5. The molecule has 0 saturated heterocycles. The van der Waals surface area contributed by atoms with Crippen molar-refractivity contribution in [3.8, 4) is 0 Å². The van der Waals surface area contributed by atoms with Crippen molar-refractivity contribution in [1.29, 1.82) is 0 Å². The summed E-state index contributed by atoms with van der Waals surface area (Å²) >= 11 is 0. The fourth-order valence-corrected chi connectivity index (χ4v) is 4.28. The Hall–Kier alpha value is 0.190. The number of hydrogen-bond donors (Lipinski definition) is 0. The van der Waals surface area contributed by atoms with Crippen molar-refractivity contribution in [3.05, 3.63) is 0 Å². The molecule has 0 atom stereocenters. The molecule has 0 aromatic carbocycles. The highest BCUT2D eigenvalue weighted by Crippen LogP contribution is 2.49. The van der Waals surface area contributed by atoms with Crippen LogP contribution in [0.1, 0.15) is 39.5 Å². The van der Waals surface area contributed by atoms with Gasteiger partial charge >= 0.3 is 0 Å². The van der Waals surface area contributed by atoms with Gasteiger partial charge in [-0.3, -0.25) is 0 Å². The maximum Gasteiger partial charge on any atom is 0.238 e. The number of rotatable bonds is 6. The minimum Gasteiger partial charge on any atom is -0.229 e. The van der Waals surface area contributed by atoms with Gasteiger partial charge in [-0.05, 0) is 39.5 Å². The van der Waals surface area contributed by atoms with E-state index in [2.05, 4.69) is 0 Å². The Bertz CT molecular complexity index is 446. The molecule has 0 N–H and O–H groups in total. The van der Waals surface area contributed by atoms with E-state index in [4.69, 9.17) is 10.7 Å². The molecule has 0 spiro atoms. The van der Waals surface area contributed by atoms with Crippen LogP contribution in [0.5, 0.6) is 0 Å². The highest BCUT2D eigenvalue weighted by molar-refractivity contribution is 8.15. The van der Waals surface area contributed by atoms with Gasteiger partial charge in [-0.25, -0.2) is 16.8 Å². The van der Waals surface area contributed by atoms with Gasteiger partial charge in [-0.15, -0.1) is 0 Å². The molecule has 0 aromatic heterocycles. The fourth-order valence-electron chi connectivity index (χ4n) is 1.59. The lowest BCUT2D eigenvalue weighted by Gasteiger charge is -2.12. The second-order valence-electron chi connectivity index (χ2n) is 4.64. The van der Waals surface area contributed by atoms with E-state index in [-0.39, 0.29) is 5.75 Å². The van der Waals surface area contributed by atoms with Crippen molar-refractivity contribution < 1.29 is 16.8 Å². The average Bonchev–Trinajstić information content (AvgIpc) is 2.83. The van der Waals surface area contributed by atoms with Crippen LogP contribution in [0.25, 0.3) is 0 Å². The van der Waals surface area contributed by atoms with Crippen LogP contribution in [0.15, 0.2) is 0 Å². The molecule has 7 heteroatoms. The lowest BCUT2D eigenvalue weighted by Crippen LogP contribution is -2.22. The van der Waals surface area contributed by atoms with Crippen LogP contribution in [-0.4, -0.2) is 32.6 Å².